The van der Waals surface area contributed by atoms with Crippen LogP contribution in [0.4, 0.5) is 10.5 Å². The SMILES string of the molecule is COc1ccc(C(NC(=O)N2CCC(=O)C2)C(=O)Nc2ccc([Si](C)(C)C)cc2)cc1. The zero-order valence-corrected chi connectivity index (χ0v) is 19.4. The molecule has 1 atom stereocenters. The first-order valence-corrected chi connectivity index (χ1v) is 13.8. The summed E-state index contributed by atoms with van der Waals surface area (Å²) in [5, 5.41) is 6.97. The molecule has 0 saturated carbocycles. The Morgan fingerprint density at radius 1 is 1.03 bits per heavy atom. The number of urea groups is 1. The number of nitrogens with one attached hydrogen (secondary N) is 2. The standard InChI is InChI=1S/C23H29N3O4Si/c1-30-19-9-5-16(6-10-19)21(25-23(29)26-14-13-18(27)15-26)22(28)24-17-7-11-20(12-8-17)31(2,3)4/h5-12,21H,13-15H2,1-4H3,(H,24,28)(H,25,29). The zero-order valence-electron chi connectivity index (χ0n) is 18.4. The van der Waals surface area contributed by atoms with Crippen molar-refractivity contribution in [1.82, 2.24) is 10.2 Å². The number of Topliss-reactive ketones (excluding diaryl/α,β-unsaturated/α-hetero) is 1. The van der Waals surface area contributed by atoms with Gasteiger partial charge in [0.25, 0.3) is 5.91 Å². The van der Waals surface area contributed by atoms with Crippen LogP contribution in [0.25, 0.3) is 0 Å². The number of nitrogens with zero attached hydrogens (tertiary/aromatic N) is 1. The molecule has 1 fully saturated rings. The molecule has 31 heavy (non-hydrogen) atoms. The lowest BCUT2D eigenvalue weighted by atomic mass is 10.1. The van der Waals surface area contributed by atoms with Crippen LogP contribution in [0.15, 0.2) is 48.5 Å². The highest BCUT2D eigenvalue weighted by atomic mass is 28.3. The highest BCUT2D eigenvalue weighted by Crippen LogP contribution is 2.21. The molecule has 3 rings (SSSR count). The number of hydrogen-bond donors (Lipinski definition) is 2. The fraction of sp³-hybridized carbons (Fsp3) is 0.348. The number of carbonyl (C=O) groups is 3. The second kappa shape index (κ2) is 9.34. The lowest BCUT2D eigenvalue weighted by molar-refractivity contribution is -0.118. The number of benzene rings is 2. The van der Waals surface area contributed by atoms with E-state index >= 15 is 0 Å². The van der Waals surface area contributed by atoms with E-state index in [1.807, 2.05) is 24.3 Å². The molecule has 0 bridgehead atoms. The zero-order chi connectivity index (χ0) is 22.6. The summed E-state index contributed by atoms with van der Waals surface area (Å²) in [6.45, 7) is 7.22. The van der Waals surface area contributed by atoms with Gasteiger partial charge >= 0.3 is 6.03 Å². The van der Waals surface area contributed by atoms with E-state index in [1.165, 1.54) is 10.1 Å². The van der Waals surface area contributed by atoms with Crippen molar-refractivity contribution >= 4 is 36.7 Å². The van der Waals surface area contributed by atoms with Gasteiger partial charge in [-0.25, -0.2) is 4.79 Å². The lowest BCUT2D eigenvalue weighted by Crippen LogP contribution is -2.44. The molecule has 0 aliphatic carbocycles. The van der Waals surface area contributed by atoms with Crippen molar-refractivity contribution in [3.05, 3.63) is 54.1 Å². The van der Waals surface area contributed by atoms with Crippen molar-refractivity contribution in [1.29, 1.82) is 0 Å². The number of rotatable bonds is 6. The monoisotopic (exact) mass is 439 g/mol. The Balaban J connectivity index is 1.79. The van der Waals surface area contributed by atoms with Gasteiger partial charge < -0.3 is 20.3 Å². The van der Waals surface area contributed by atoms with Crippen LogP contribution in [0.1, 0.15) is 18.0 Å². The van der Waals surface area contributed by atoms with Crippen LogP contribution in [-0.4, -0.2) is 50.9 Å². The van der Waals surface area contributed by atoms with E-state index in [0.717, 1.165) is 0 Å². The molecule has 1 heterocycles. The second-order valence-electron chi connectivity index (χ2n) is 8.68. The molecule has 7 nitrogen and oxygen atoms in total. The Morgan fingerprint density at radius 2 is 1.68 bits per heavy atom. The Labute approximate surface area is 183 Å². The number of amides is 3. The quantitative estimate of drug-likeness (QED) is 0.678. The van der Waals surface area contributed by atoms with E-state index < -0.39 is 20.1 Å². The molecule has 164 valence electrons. The van der Waals surface area contributed by atoms with Gasteiger partial charge in [-0.2, -0.15) is 0 Å². The predicted molar refractivity (Wildman–Crippen MR) is 124 cm³/mol. The van der Waals surface area contributed by atoms with Crippen molar-refractivity contribution in [2.45, 2.75) is 32.1 Å². The summed E-state index contributed by atoms with van der Waals surface area (Å²) >= 11 is 0. The van der Waals surface area contributed by atoms with E-state index in [0.29, 0.717) is 30.0 Å². The minimum atomic E-state index is -1.44. The van der Waals surface area contributed by atoms with Crippen LogP contribution in [0.5, 0.6) is 5.75 Å². The van der Waals surface area contributed by atoms with Crippen LogP contribution in [0.2, 0.25) is 19.6 Å². The van der Waals surface area contributed by atoms with E-state index in [-0.39, 0.29) is 18.2 Å². The lowest BCUT2D eigenvalue weighted by Gasteiger charge is -2.23. The predicted octanol–water partition coefficient (Wildman–Crippen LogP) is 2.90. The molecule has 1 saturated heterocycles. The fourth-order valence-electron chi connectivity index (χ4n) is 3.38. The number of carbonyl (C=O) groups excluding carboxylic acids is 3. The Hall–Kier alpha value is -3.13. The van der Waals surface area contributed by atoms with Gasteiger partial charge in [-0.1, -0.05) is 49.1 Å². The molecule has 2 aromatic carbocycles. The molecule has 0 aromatic heterocycles. The van der Waals surface area contributed by atoms with Gasteiger partial charge in [-0.3, -0.25) is 9.59 Å². The summed E-state index contributed by atoms with van der Waals surface area (Å²) in [6.07, 6.45) is 0.344. The third-order valence-corrected chi connectivity index (χ3v) is 7.38. The minimum absolute atomic E-state index is 0.0167. The van der Waals surface area contributed by atoms with Gasteiger partial charge in [0.15, 0.2) is 5.78 Å². The number of anilines is 1. The Bertz CT molecular complexity index is 952. The van der Waals surface area contributed by atoms with Crippen molar-refractivity contribution in [3.8, 4) is 5.75 Å². The van der Waals surface area contributed by atoms with E-state index in [2.05, 4.69) is 30.3 Å². The van der Waals surface area contributed by atoms with Gasteiger partial charge in [0.05, 0.1) is 21.7 Å². The summed E-state index contributed by atoms with van der Waals surface area (Å²) in [6, 6.07) is 13.5. The Morgan fingerprint density at radius 3 is 2.19 bits per heavy atom. The number of methoxy groups -OCH3 is 1. The topological polar surface area (TPSA) is 87.7 Å². The second-order valence-corrected chi connectivity index (χ2v) is 13.8. The van der Waals surface area contributed by atoms with Gasteiger partial charge in [0, 0.05) is 18.7 Å². The summed E-state index contributed by atoms with van der Waals surface area (Å²) in [5.41, 5.74) is 1.28. The van der Waals surface area contributed by atoms with Crippen molar-refractivity contribution < 1.29 is 19.1 Å². The molecule has 1 unspecified atom stereocenters. The van der Waals surface area contributed by atoms with Gasteiger partial charge in [0.1, 0.15) is 11.8 Å². The van der Waals surface area contributed by atoms with Crippen LogP contribution < -0.4 is 20.6 Å². The number of likely N-dealkylation sites (tertiary alicyclic amines) is 1. The highest BCUT2D eigenvalue weighted by molar-refractivity contribution is 6.88. The molecule has 2 aromatic rings. The fourth-order valence-corrected chi connectivity index (χ4v) is 4.55. The maximum Gasteiger partial charge on any atom is 0.318 e. The molecule has 2 N–H and O–H groups in total. The molecular formula is C23H29N3O4Si. The molecule has 3 amide bonds. The first-order chi connectivity index (χ1) is 14.7. The summed E-state index contributed by atoms with van der Waals surface area (Å²) in [5.74, 6) is 0.314. The highest BCUT2D eigenvalue weighted by Gasteiger charge is 2.29. The number of ether oxygens (including phenoxy) is 1. The summed E-state index contributed by atoms with van der Waals surface area (Å²) in [4.78, 5) is 38.8. The van der Waals surface area contributed by atoms with Gasteiger partial charge in [0.2, 0.25) is 0 Å². The van der Waals surface area contributed by atoms with Crippen LogP contribution >= 0.6 is 0 Å². The first-order valence-electron chi connectivity index (χ1n) is 10.3. The molecule has 1 aliphatic heterocycles. The third kappa shape index (κ3) is 5.73. The maximum absolute atomic E-state index is 13.1. The average Bonchev–Trinajstić information content (AvgIpc) is 3.18. The molecule has 8 heteroatoms. The Kier molecular flexibility index (Phi) is 6.80. The molecule has 0 radical (unpaired) electrons. The third-order valence-electron chi connectivity index (χ3n) is 5.31. The summed E-state index contributed by atoms with van der Waals surface area (Å²) in [7, 11) is 0.128. The van der Waals surface area contributed by atoms with Gasteiger partial charge in [-0.05, 0) is 29.8 Å². The van der Waals surface area contributed by atoms with Crippen LogP contribution in [0, 0.1) is 0 Å². The smallest absolute Gasteiger partial charge is 0.318 e. The molecular weight excluding hydrogens is 410 g/mol. The number of ketones is 1. The maximum atomic E-state index is 13.1. The van der Waals surface area contributed by atoms with Gasteiger partial charge in [-0.15, -0.1) is 0 Å². The van der Waals surface area contributed by atoms with Crippen LogP contribution in [0.3, 0.4) is 0 Å². The van der Waals surface area contributed by atoms with E-state index in [1.54, 1.807) is 31.4 Å². The average molecular weight is 440 g/mol. The van der Waals surface area contributed by atoms with Crippen molar-refractivity contribution in [2.75, 3.05) is 25.5 Å². The largest absolute Gasteiger partial charge is 0.497 e. The normalized spacial score (nSPS) is 14.8. The first kappa shape index (κ1) is 22.5. The van der Waals surface area contributed by atoms with Crippen molar-refractivity contribution in [2.24, 2.45) is 0 Å². The minimum Gasteiger partial charge on any atom is -0.497 e. The van der Waals surface area contributed by atoms with E-state index in [4.69, 9.17) is 4.74 Å². The molecule has 1 aliphatic rings. The molecule has 0 spiro atoms. The number of hydrogen-bond acceptors (Lipinski definition) is 4. The van der Waals surface area contributed by atoms with E-state index in [9.17, 15) is 14.4 Å². The van der Waals surface area contributed by atoms with Crippen LogP contribution in [-0.2, 0) is 9.59 Å². The summed E-state index contributed by atoms with van der Waals surface area (Å²) < 4.78 is 5.19. The van der Waals surface area contributed by atoms with Crippen molar-refractivity contribution in [3.63, 3.8) is 0 Å².